The number of anilines is 1. The fourth-order valence-electron chi connectivity index (χ4n) is 3.71. The van der Waals surface area contributed by atoms with Gasteiger partial charge in [0.15, 0.2) is 0 Å². The first-order valence-corrected chi connectivity index (χ1v) is 11.7. The largest absolute Gasteiger partial charge is 0.491 e. The lowest BCUT2D eigenvalue weighted by Crippen LogP contribution is -2.28. The van der Waals surface area contributed by atoms with Gasteiger partial charge in [-0.05, 0) is 56.0 Å². The van der Waals surface area contributed by atoms with Gasteiger partial charge in [-0.2, -0.15) is 4.31 Å². The minimum absolute atomic E-state index is 0.114. The van der Waals surface area contributed by atoms with Crippen molar-refractivity contribution < 1.29 is 22.7 Å². The van der Waals surface area contributed by atoms with Crippen molar-refractivity contribution in [2.75, 3.05) is 31.6 Å². The third-order valence-corrected chi connectivity index (χ3v) is 7.25. The van der Waals surface area contributed by atoms with E-state index in [0.29, 0.717) is 36.7 Å². The fraction of sp³-hybridized carbons (Fsp3) is 0.409. The van der Waals surface area contributed by atoms with Gasteiger partial charge in [-0.3, -0.25) is 4.79 Å². The molecule has 1 N–H and O–H groups in total. The summed E-state index contributed by atoms with van der Waals surface area (Å²) >= 11 is 0. The van der Waals surface area contributed by atoms with Crippen LogP contribution in [0.15, 0.2) is 53.4 Å². The number of carbonyl (C=O) groups is 1. The first-order chi connectivity index (χ1) is 14.5. The number of benzene rings is 2. The molecule has 1 amide bonds. The number of nitrogens with zero attached hydrogens (tertiary/aromatic N) is 1. The van der Waals surface area contributed by atoms with Crippen LogP contribution in [0.2, 0.25) is 0 Å². The highest BCUT2D eigenvalue weighted by Gasteiger charge is 2.27. The molecule has 2 aromatic rings. The van der Waals surface area contributed by atoms with Gasteiger partial charge in [-0.25, -0.2) is 8.42 Å². The highest BCUT2D eigenvalue weighted by Crippen LogP contribution is 2.23. The van der Waals surface area contributed by atoms with Gasteiger partial charge in [-0.1, -0.05) is 12.1 Å². The van der Waals surface area contributed by atoms with E-state index in [1.807, 2.05) is 6.07 Å². The van der Waals surface area contributed by atoms with Gasteiger partial charge in [0.25, 0.3) is 5.91 Å². The predicted molar refractivity (Wildman–Crippen MR) is 113 cm³/mol. The fourth-order valence-corrected chi connectivity index (χ4v) is 5.27. The molecule has 30 heavy (non-hydrogen) atoms. The molecule has 4 rings (SSSR count). The Morgan fingerprint density at radius 2 is 1.90 bits per heavy atom. The van der Waals surface area contributed by atoms with Gasteiger partial charge in [-0.15, -0.1) is 0 Å². The maximum Gasteiger partial charge on any atom is 0.255 e. The molecule has 0 aromatic heterocycles. The molecular weight excluding hydrogens is 404 g/mol. The molecule has 0 aliphatic carbocycles. The highest BCUT2D eigenvalue weighted by molar-refractivity contribution is 7.89. The Kier molecular flexibility index (Phi) is 6.36. The zero-order chi connectivity index (χ0) is 21.0. The second-order valence-electron chi connectivity index (χ2n) is 7.57. The van der Waals surface area contributed by atoms with E-state index in [0.717, 1.165) is 32.3 Å². The summed E-state index contributed by atoms with van der Waals surface area (Å²) in [6.45, 7) is 2.30. The number of hydrogen-bond donors (Lipinski definition) is 1. The van der Waals surface area contributed by atoms with Gasteiger partial charge < -0.3 is 14.8 Å². The topological polar surface area (TPSA) is 84.9 Å². The first-order valence-electron chi connectivity index (χ1n) is 10.3. The summed E-state index contributed by atoms with van der Waals surface area (Å²) < 4.78 is 38.3. The van der Waals surface area contributed by atoms with E-state index in [-0.39, 0.29) is 16.9 Å². The quantitative estimate of drug-likeness (QED) is 0.729. The Hall–Kier alpha value is -2.42. The van der Waals surface area contributed by atoms with Crippen molar-refractivity contribution >= 4 is 21.6 Å². The van der Waals surface area contributed by atoms with Gasteiger partial charge in [0, 0.05) is 37.0 Å². The predicted octanol–water partition coefficient (Wildman–Crippen LogP) is 3.28. The molecule has 0 saturated carbocycles. The standard InChI is InChI=1S/C22H26N2O5S/c25-22(17-6-3-10-21(14-17)30(26,27)24-11-1-2-12-24)23-18-7-4-8-19(15-18)29-16-20-9-5-13-28-20/h3-4,6-8,10,14-15,20H,1-2,5,9,11-13,16H2,(H,23,25). The Morgan fingerprint density at radius 1 is 1.10 bits per heavy atom. The summed E-state index contributed by atoms with van der Waals surface area (Å²) in [5.41, 5.74) is 0.874. The molecule has 2 aliphatic heterocycles. The van der Waals surface area contributed by atoms with E-state index in [9.17, 15) is 13.2 Å². The number of amides is 1. The van der Waals surface area contributed by atoms with E-state index in [4.69, 9.17) is 9.47 Å². The average Bonchev–Trinajstić information content (AvgIpc) is 3.47. The lowest BCUT2D eigenvalue weighted by atomic mass is 10.2. The number of hydrogen-bond acceptors (Lipinski definition) is 5. The first kappa shape index (κ1) is 20.8. The van der Waals surface area contributed by atoms with Crippen LogP contribution in [0, 0.1) is 0 Å². The second-order valence-corrected chi connectivity index (χ2v) is 9.50. The molecule has 160 valence electrons. The minimum Gasteiger partial charge on any atom is -0.491 e. The molecule has 0 spiro atoms. The summed E-state index contributed by atoms with van der Waals surface area (Å²) in [4.78, 5) is 12.9. The molecule has 2 aliphatic rings. The van der Waals surface area contributed by atoms with Crippen LogP contribution in [0.1, 0.15) is 36.0 Å². The lowest BCUT2D eigenvalue weighted by molar-refractivity contribution is 0.0680. The van der Waals surface area contributed by atoms with E-state index in [1.54, 1.807) is 30.3 Å². The van der Waals surface area contributed by atoms with Crippen LogP contribution < -0.4 is 10.1 Å². The smallest absolute Gasteiger partial charge is 0.255 e. The van der Waals surface area contributed by atoms with E-state index in [1.165, 1.54) is 16.4 Å². The molecule has 1 unspecified atom stereocenters. The molecule has 2 saturated heterocycles. The number of nitrogens with one attached hydrogen (secondary N) is 1. The van der Waals surface area contributed by atoms with Gasteiger partial charge in [0.1, 0.15) is 12.4 Å². The van der Waals surface area contributed by atoms with Crippen molar-refractivity contribution in [3.8, 4) is 5.75 Å². The molecule has 8 heteroatoms. The van der Waals surface area contributed by atoms with Crippen molar-refractivity contribution in [2.45, 2.75) is 36.7 Å². The number of carbonyl (C=O) groups excluding carboxylic acids is 1. The van der Waals surface area contributed by atoms with Gasteiger partial charge >= 0.3 is 0 Å². The van der Waals surface area contributed by atoms with Crippen molar-refractivity contribution in [3.05, 3.63) is 54.1 Å². The molecular formula is C22H26N2O5S. The summed E-state index contributed by atoms with van der Waals surface area (Å²) in [7, 11) is -3.57. The van der Waals surface area contributed by atoms with Crippen LogP contribution in [0.4, 0.5) is 5.69 Å². The molecule has 2 fully saturated rings. The summed E-state index contributed by atoms with van der Waals surface area (Å²) in [5.74, 6) is 0.276. The van der Waals surface area contributed by atoms with Crippen LogP contribution in [0.25, 0.3) is 0 Å². The second kappa shape index (κ2) is 9.16. The number of ether oxygens (including phenoxy) is 2. The third kappa shape index (κ3) is 4.83. The van der Waals surface area contributed by atoms with E-state index >= 15 is 0 Å². The summed E-state index contributed by atoms with van der Waals surface area (Å²) in [6, 6.07) is 13.3. The van der Waals surface area contributed by atoms with Gasteiger partial charge in [0.2, 0.25) is 10.0 Å². The zero-order valence-electron chi connectivity index (χ0n) is 16.7. The van der Waals surface area contributed by atoms with Crippen LogP contribution in [-0.2, 0) is 14.8 Å². The molecule has 0 bridgehead atoms. The molecule has 7 nitrogen and oxygen atoms in total. The average molecular weight is 431 g/mol. The summed E-state index contributed by atoms with van der Waals surface area (Å²) in [6.07, 6.45) is 3.89. The molecule has 0 radical (unpaired) electrons. The van der Waals surface area contributed by atoms with Crippen LogP contribution in [0.3, 0.4) is 0 Å². The summed E-state index contributed by atoms with van der Waals surface area (Å²) in [5, 5.41) is 2.82. The van der Waals surface area contributed by atoms with Crippen molar-refractivity contribution in [3.63, 3.8) is 0 Å². The normalized spacial score (nSPS) is 19.7. The number of sulfonamides is 1. The van der Waals surface area contributed by atoms with E-state index in [2.05, 4.69) is 5.32 Å². The van der Waals surface area contributed by atoms with E-state index < -0.39 is 10.0 Å². The minimum atomic E-state index is -3.57. The molecule has 2 heterocycles. The van der Waals surface area contributed by atoms with Crippen molar-refractivity contribution in [1.82, 2.24) is 4.31 Å². The van der Waals surface area contributed by atoms with Crippen LogP contribution in [-0.4, -0.2) is 51.0 Å². The Labute approximate surface area is 177 Å². The number of rotatable bonds is 7. The molecule has 1 atom stereocenters. The van der Waals surface area contributed by atoms with Gasteiger partial charge in [0.05, 0.1) is 11.0 Å². The van der Waals surface area contributed by atoms with Crippen molar-refractivity contribution in [2.24, 2.45) is 0 Å². The third-order valence-electron chi connectivity index (χ3n) is 5.35. The van der Waals surface area contributed by atoms with Crippen LogP contribution in [0.5, 0.6) is 5.75 Å². The Bertz CT molecular complexity index is 996. The maximum absolute atomic E-state index is 12.8. The Balaban J connectivity index is 1.43. The Morgan fingerprint density at radius 3 is 2.67 bits per heavy atom. The SMILES string of the molecule is O=C(Nc1cccc(OCC2CCCO2)c1)c1cccc(S(=O)(=O)N2CCCC2)c1. The zero-order valence-corrected chi connectivity index (χ0v) is 17.6. The monoisotopic (exact) mass is 430 g/mol. The van der Waals surface area contributed by atoms with Crippen LogP contribution >= 0.6 is 0 Å². The molecule has 2 aromatic carbocycles. The highest BCUT2D eigenvalue weighted by atomic mass is 32.2. The van der Waals surface area contributed by atoms with Crippen molar-refractivity contribution in [1.29, 1.82) is 0 Å². The lowest BCUT2D eigenvalue weighted by Gasteiger charge is -2.16. The maximum atomic E-state index is 12.8.